The first kappa shape index (κ1) is 17.8. The third-order valence-electron chi connectivity index (χ3n) is 3.99. The average Bonchev–Trinajstić information content (AvgIpc) is 2.61. The lowest BCUT2D eigenvalue weighted by Crippen LogP contribution is -2.42. The molecule has 0 bridgehead atoms. The quantitative estimate of drug-likeness (QED) is 0.882. The smallest absolute Gasteiger partial charge is 0.317 e. The van der Waals surface area contributed by atoms with Gasteiger partial charge in [-0.1, -0.05) is 17.7 Å². The van der Waals surface area contributed by atoms with Crippen molar-refractivity contribution in [3.05, 3.63) is 59.9 Å². The molecule has 0 unspecified atom stereocenters. The van der Waals surface area contributed by atoms with Gasteiger partial charge in [-0.3, -0.25) is 4.98 Å². The van der Waals surface area contributed by atoms with Crippen LogP contribution in [0.3, 0.4) is 0 Å². The number of nitrogens with one attached hydrogen (secondary N) is 1. The molecule has 24 heavy (non-hydrogen) atoms. The molecule has 2 rings (SSSR count). The molecule has 0 fully saturated rings. The number of rotatable bonds is 6. The largest absolute Gasteiger partial charge is 0.489 e. The molecule has 2 atom stereocenters. The highest BCUT2D eigenvalue weighted by atomic mass is 16.5. The second kappa shape index (κ2) is 8.34. The van der Waals surface area contributed by atoms with Gasteiger partial charge in [0.15, 0.2) is 0 Å². The highest BCUT2D eigenvalue weighted by molar-refractivity contribution is 5.74. The van der Waals surface area contributed by atoms with E-state index in [9.17, 15) is 4.79 Å². The molecule has 5 heteroatoms. The highest BCUT2D eigenvalue weighted by Crippen LogP contribution is 2.17. The van der Waals surface area contributed by atoms with E-state index in [2.05, 4.69) is 10.3 Å². The number of hydrogen-bond donors (Lipinski definition) is 1. The van der Waals surface area contributed by atoms with Gasteiger partial charge in [-0.15, -0.1) is 0 Å². The summed E-state index contributed by atoms with van der Waals surface area (Å²) in [6, 6.07) is 11.6. The van der Waals surface area contributed by atoms with Crippen molar-refractivity contribution in [3.8, 4) is 5.75 Å². The molecular weight excluding hydrogens is 302 g/mol. The standard InChI is InChI=1S/C19H25N3O2/c1-14-5-7-18(8-6-14)24-15(2)13-21-19(23)22(4)16(3)17-9-11-20-12-10-17/h5-12,15-16H,13H2,1-4H3,(H,21,23)/t15-,16+/m0/s1. The van der Waals surface area contributed by atoms with Crippen LogP contribution in [0, 0.1) is 6.92 Å². The fraction of sp³-hybridized carbons (Fsp3) is 0.368. The average molecular weight is 327 g/mol. The molecule has 1 aromatic heterocycles. The van der Waals surface area contributed by atoms with Gasteiger partial charge >= 0.3 is 6.03 Å². The first-order chi connectivity index (χ1) is 11.5. The number of amides is 2. The van der Waals surface area contributed by atoms with Crippen LogP contribution in [0.4, 0.5) is 4.79 Å². The maximum Gasteiger partial charge on any atom is 0.317 e. The van der Waals surface area contributed by atoms with E-state index in [1.165, 1.54) is 5.56 Å². The lowest BCUT2D eigenvalue weighted by atomic mass is 10.1. The van der Waals surface area contributed by atoms with Crippen LogP contribution < -0.4 is 10.1 Å². The minimum absolute atomic E-state index is 0.0266. The third-order valence-corrected chi connectivity index (χ3v) is 3.99. The lowest BCUT2D eigenvalue weighted by Gasteiger charge is -2.26. The van der Waals surface area contributed by atoms with E-state index in [0.717, 1.165) is 11.3 Å². The van der Waals surface area contributed by atoms with Crippen LogP contribution in [-0.4, -0.2) is 35.6 Å². The van der Waals surface area contributed by atoms with Crippen molar-refractivity contribution in [2.45, 2.75) is 32.9 Å². The zero-order valence-corrected chi connectivity index (χ0v) is 14.7. The van der Waals surface area contributed by atoms with E-state index in [1.807, 2.05) is 57.2 Å². The van der Waals surface area contributed by atoms with Crippen molar-refractivity contribution in [1.82, 2.24) is 15.2 Å². The van der Waals surface area contributed by atoms with Gasteiger partial charge in [-0.05, 0) is 50.6 Å². The number of ether oxygens (including phenoxy) is 1. The summed E-state index contributed by atoms with van der Waals surface area (Å²) in [5.74, 6) is 0.806. The second-order valence-electron chi connectivity index (χ2n) is 5.99. The molecule has 1 heterocycles. The van der Waals surface area contributed by atoms with Crippen molar-refractivity contribution in [1.29, 1.82) is 0 Å². The molecule has 0 saturated heterocycles. The van der Waals surface area contributed by atoms with Gasteiger partial charge < -0.3 is 15.0 Å². The predicted molar refractivity (Wildman–Crippen MR) is 95.1 cm³/mol. The summed E-state index contributed by atoms with van der Waals surface area (Å²) in [4.78, 5) is 18.0. The van der Waals surface area contributed by atoms with Gasteiger partial charge in [0, 0.05) is 19.4 Å². The molecule has 128 valence electrons. The van der Waals surface area contributed by atoms with E-state index >= 15 is 0 Å². The van der Waals surface area contributed by atoms with Gasteiger partial charge in [-0.25, -0.2) is 4.79 Å². The minimum atomic E-state index is -0.126. The molecule has 5 nitrogen and oxygen atoms in total. The number of hydrogen-bond acceptors (Lipinski definition) is 3. The Morgan fingerprint density at radius 1 is 1.17 bits per heavy atom. The highest BCUT2D eigenvalue weighted by Gasteiger charge is 2.17. The summed E-state index contributed by atoms with van der Waals surface area (Å²) < 4.78 is 5.80. The molecule has 0 radical (unpaired) electrons. The van der Waals surface area contributed by atoms with E-state index in [-0.39, 0.29) is 18.2 Å². The Hall–Kier alpha value is -2.56. The van der Waals surface area contributed by atoms with Gasteiger partial charge in [0.2, 0.25) is 0 Å². The first-order valence-corrected chi connectivity index (χ1v) is 8.11. The van der Waals surface area contributed by atoms with Gasteiger partial charge in [0.05, 0.1) is 12.6 Å². The maximum atomic E-state index is 12.3. The summed E-state index contributed by atoms with van der Waals surface area (Å²) in [5, 5.41) is 2.91. The Bertz CT molecular complexity index is 643. The Morgan fingerprint density at radius 2 is 1.79 bits per heavy atom. The molecule has 0 spiro atoms. The van der Waals surface area contributed by atoms with Crippen LogP contribution in [0.5, 0.6) is 5.75 Å². The van der Waals surface area contributed by atoms with Crippen LogP contribution >= 0.6 is 0 Å². The van der Waals surface area contributed by atoms with Crippen molar-refractivity contribution < 1.29 is 9.53 Å². The fourth-order valence-corrected chi connectivity index (χ4v) is 2.29. The fourth-order valence-electron chi connectivity index (χ4n) is 2.29. The van der Waals surface area contributed by atoms with Gasteiger partial charge in [0.1, 0.15) is 11.9 Å². The number of pyridine rings is 1. The van der Waals surface area contributed by atoms with Crippen molar-refractivity contribution >= 4 is 6.03 Å². The Labute approximate surface area is 143 Å². The topological polar surface area (TPSA) is 54.5 Å². The zero-order chi connectivity index (χ0) is 17.5. The molecule has 1 aromatic carbocycles. The van der Waals surface area contributed by atoms with Crippen LogP contribution in [0.25, 0.3) is 0 Å². The Balaban J connectivity index is 1.82. The van der Waals surface area contributed by atoms with Crippen LogP contribution in [-0.2, 0) is 0 Å². The number of carbonyl (C=O) groups is 1. The number of benzene rings is 1. The second-order valence-corrected chi connectivity index (χ2v) is 5.99. The summed E-state index contributed by atoms with van der Waals surface area (Å²) in [6.07, 6.45) is 3.35. The van der Waals surface area contributed by atoms with E-state index in [1.54, 1.807) is 24.3 Å². The molecule has 2 amide bonds. The first-order valence-electron chi connectivity index (χ1n) is 8.11. The van der Waals surface area contributed by atoms with Crippen molar-refractivity contribution in [2.24, 2.45) is 0 Å². The Morgan fingerprint density at radius 3 is 2.42 bits per heavy atom. The molecule has 0 aliphatic heterocycles. The van der Waals surface area contributed by atoms with Gasteiger partial charge in [-0.2, -0.15) is 0 Å². The third kappa shape index (κ3) is 4.98. The molecule has 0 saturated carbocycles. The molecule has 1 N–H and O–H groups in total. The van der Waals surface area contributed by atoms with E-state index in [0.29, 0.717) is 6.54 Å². The SMILES string of the molecule is Cc1ccc(O[C@@H](C)CNC(=O)N(C)[C@H](C)c2ccncc2)cc1. The van der Waals surface area contributed by atoms with Gasteiger partial charge in [0.25, 0.3) is 0 Å². The summed E-state index contributed by atoms with van der Waals surface area (Å²) >= 11 is 0. The molecular formula is C19H25N3O2. The van der Waals surface area contributed by atoms with Crippen LogP contribution in [0.1, 0.15) is 31.0 Å². The van der Waals surface area contributed by atoms with Crippen molar-refractivity contribution in [3.63, 3.8) is 0 Å². The number of carbonyl (C=O) groups excluding carboxylic acids is 1. The molecule has 0 aliphatic rings. The predicted octanol–water partition coefficient (Wildman–Crippen LogP) is 3.56. The normalized spacial score (nSPS) is 13.0. The number of aromatic nitrogens is 1. The van der Waals surface area contributed by atoms with E-state index < -0.39 is 0 Å². The number of aryl methyl sites for hydroxylation is 1. The van der Waals surface area contributed by atoms with Crippen LogP contribution in [0.15, 0.2) is 48.8 Å². The lowest BCUT2D eigenvalue weighted by molar-refractivity contribution is 0.179. The molecule has 0 aliphatic carbocycles. The zero-order valence-electron chi connectivity index (χ0n) is 14.7. The molecule has 2 aromatic rings. The number of urea groups is 1. The minimum Gasteiger partial charge on any atom is -0.489 e. The number of nitrogens with zero attached hydrogens (tertiary/aromatic N) is 2. The Kier molecular flexibility index (Phi) is 6.18. The van der Waals surface area contributed by atoms with Crippen LogP contribution in [0.2, 0.25) is 0 Å². The summed E-state index contributed by atoms with van der Waals surface area (Å²) in [5.41, 5.74) is 2.24. The van der Waals surface area contributed by atoms with Crippen molar-refractivity contribution in [2.75, 3.05) is 13.6 Å². The summed E-state index contributed by atoms with van der Waals surface area (Å²) in [6.45, 7) is 6.40. The summed E-state index contributed by atoms with van der Waals surface area (Å²) in [7, 11) is 1.78. The maximum absolute atomic E-state index is 12.3. The monoisotopic (exact) mass is 327 g/mol. The van der Waals surface area contributed by atoms with E-state index in [4.69, 9.17) is 4.74 Å².